The Hall–Kier alpha value is -1.84. The molecule has 2 amide bonds. The van der Waals surface area contributed by atoms with Crippen LogP contribution in [0.5, 0.6) is 0 Å². The van der Waals surface area contributed by atoms with Gasteiger partial charge in [-0.1, -0.05) is 30.3 Å². The van der Waals surface area contributed by atoms with Gasteiger partial charge in [-0.25, -0.2) is 0 Å². The molecule has 102 valence electrons. The first-order valence-electron chi connectivity index (χ1n) is 6.68. The molecule has 0 heterocycles. The lowest BCUT2D eigenvalue weighted by Gasteiger charge is -2.17. The number of hydrogen-bond acceptors (Lipinski definition) is 2. The van der Waals surface area contributed by atoms with Gasteiger partial charge in [-0.2, -0.15) is 0 Å². The predicted octanol–water partition coefficient (Wildman–Crippen LogP) is 1.61. The van der Waals surface area contributed by atoms with Crippen LogP contribution in [0.1, 0.15) is 32.3 Å². The summed E-state index contributed by atoms with van der Waals surface area (Å²) in [4.78, 5) is 24.2. The fraction of sp³-hybridized carbons (Fsp3) is 0.467. The average molecular weight is 260 g/mol. The predicted molar refractivity (Wildman–Crippen MR) is 73.2 cm³/mol. The van der Waals surface area contributed by atoms with Crippen molar-refractivity contribution in [3.05, 3.63) is 35.9 Å². The minimum absolute atomic E-state index is 0.0619. The summed E-state index contributed by atoms with van der Waals surface area (Å²) in [6.07, 6.45) is 1.29. The highest BCUT2D eigenvalue weighted by atomic mass is 16.2. The van der Waals surface area contributed by atoms with Gasteiger partial charge >= 0.3 is 0 Å². The quantitative estimate of drug-likeness (QED) is 0.790. The molecule has 1 aromatic rings. The second kappa shape index (κ2) is 5.43. The molecule has 4 heteroatoms. The van der Waals surface area contributed by atoms with Crippen molar-refractivity contribution >= 4 is 11.8 Å². The van der Waals surface area contributed by atoms with Crippen molar-refractivity contribution in [3.8, 4) is 0 Å². The first-order chi connectivity index (χ1) is 9.04. The number of benzene rings is 1. The molecular formula is C15H20N2O2. The summed E-state index contributed by atoms with van der Waals surface area (Å²) >= 11 is 0. The standard InChI is InChI=1S/C15H20N2O2/c1-11(2)17-14(19)15(8-9-15)13(18)16-10-12-6-4-3-5-7-12/h3-7,11H,8-10H2,1-2H3,(H,16,18)(H,17,19). The lowest BCUT2D eigenvalue weighted by Crippen LogP contribution is -2.44. The molecule has 19 heavy (non-hydrogen) atoms. The summed E-state index contributed by atoms with van der Waals surface area (Å²) in [5.41, 5.74) is 0.218. The average Bonchev–Trinajstić information content (AvgIpc) is 3.18. The molecule has 0 aliphatic heterocycles. The van der Waals surface area contributed by atoms with Crippen LogP contribution in [-0.2, 0) is 16.1 Å². The first-order valence-corrected chi connectivity index (χ1v) is 6.68. The summed E-state index contributed by atoms with van der Waals surface area (Å²) in [7, 11) is 0. The lowest BCUT2D eigenvalue weighted by atomic mass is 10.0. The summed E-state index contributed by atoms with van der Waals surface area (Å²) < 4.78 is 0. The highest BCUT2D eigenvalue weighted by molar-refractivity contribution is 6.07. The molecule has 0 aromatic heterocycles. The number of nitrogens with one attached hydrogen (secondary N) is 2. The Labute approximate surface area is 113 Å². The van der Waals surface area contributed by atoms with Gasteiger partial charge in [0.25, 0.3) is 0 Å². The van der Waals surface area contributed by atoms with Crippen LogP contribution >= 0.6 is 0 Å². The minimum atomic E-state index is -0.820. The molecule has 0 radical (unpaired) electrons. The Morgan fingerprint density at radius 3 is 2.32 bits per heavy atom. The van der Waals surface area contributed by atoms with Gasteiger partial charge in [-0.15, -0.1) is 0 Å². The van der Waals surface area contributed by atoms with Gasteiger partial charge in [0.15, 0.2) is 0 Å². The molecule has 1 fully saturated rings. The highest BCUT2D eigenvalue weighted by Crippen LogP contribution is 2.46. The van der Waals surface area contributed by atoms with Gasteiger partial charge in [-0.3, -0.25) is 9.59 Å². The summed E-state index contributed by atoms with van der Waals surface area (Å²) in [5, 5.41) is 5.68. The van der Waals surface area contributed by atoms with Crippen molar-refractivity contribution in [3.63, 3.8) is 0 Å². The van der Waals surface area contributed by atoms with E-state index in [1.54, 1.807) is 0 Å². The van der Waals surface area contributed by atoms with Crippen LogP contribution in [0.2, 0.25) is 0 Å². The fourth-order valence-corrected chi connectivity index (χ4v) is 2.03. The third-order valence-electron chi connectivity index (χ3n) is 3.33. The van der Waals surface area contributed by atoms with Gasteiger partial charge in [-0.05, 0) is 32.3 Å². The summed E-state index contributed by atoms with van der Waals surface area (Å²) in [6.45, 7) is 4.27. The first kappa shape index (κ1) is 13.6. The molecular weight excluding hydrogens is 240 g/mol. The molecule has 0 saturated heterocycles. The van der Waals surface area contributed by atoms with E-state index in [4.69, 9.17) is 0 Å². The Morgan fingerprint density at radius 2 is 1.79 bits per heavy atom. The topological polar surface area (TPSA) is 58.2 Å². The Bertz CT molecular complexity index is 464. The molecule has 2 rings (SSSR count). The zero-order valence-electron chi connectivity index (χ0n) is 11.4. The number of carbonyl (C=O) groups is 2. The van der Waals surface area contributed by atoms with E-state index < -0.39 is 5.41 Å². The van der Waals surface area contributed by atoms with Crippen LogP contribution in [0, 0.1) is 5.41 Å². The van der Waals surface area contributed by atoms with Gasteiger partial charge in [0.2, 0.25) is 11.8 Å². The van der Waals surface area contributed by atoms with Gasteiger partial charge in [0, 0.05) is 12.6 Å². The number of rotatable bonds is 5. The zero-order valence-corrected chi connectivity index (χ0v) is 11.4. The van der Waals surface area contributed by atoms with E-state index in [1.807, 2.05) is 44.2 Å². The zero-order chi connectivity index (χ0) is 13.9. The largest absolute Gasteiger partial charge is 0.353 e. The van der Waals surface area contributed by atoms with Crippen LogP contribution in [0.15, 0.2) is 30.3 Å². The minimum Gasteiger partial charge on any atom is -0.353 e. The molecule has 0 spiro atoms. The van der Waals surface area contributed by atoms with E-state index in [2.05, 4.69) is 10.6 Å². The molecule has 1 aromatic carbocycles. The van der Waals surface area contributed by atoms with Crippen LogP contribution < -0.4 is 10.6 Å². The normalized spacial score (nSPS) is 15.9. The third kappa shape index (κ3) is 3.13. The van der Waals surface area contributed by atoms with E-state index in [0.29, 0.717) is 19.4 Å². The van der Waals surface area contributed by atoms with Crippen molar-refractivity contribution < 1.29 is 9.59 Å². The molecule has 0 bridgehead atoms. The maximum Gasteiger partial charge on any atom is 0.235 e. The van der Waals surface area contributed by atoms with E-state index in [9.17, 15) is 9.59 Å². The Balaban J connectivity index is 1.91. The van der Waals surface area contributed by atoms with Gasteiger partial charge in [0.1, 0.15) is 5.41 Å². The van der Waals surface area contributed by atoms with Crippen LogP contribution in [0.25, 0.3) is 0 Å². The lowest BCUT2D eigenvalue weighted by molar-refractivity contribution is -0.137. The molecule has 1 aliphatic rings. The molecule has 1 saturated carbocycles. The van der Waals surface area contributed by atoms with Crippen molar-refractivity contribution in [1.82, 2.24) is 10.6 Å². The second-order valence-electron chi connectivity index (χ2n) is 5.38. The second-order valence-corrected chi connectivity index (χ2v) is 5.38. The van der Waals surface area contributed by atoms with Crippen molar-refractivity contribution in [2.75, 3.05) is 0 Å². The van der Waals surface area contributed by atoms with Crippen LogP contribution in [-0.4, -0.2) is 17.9 Å². The number of amides is 2. The monoisotopic (exact) mass is 260 g/mol. The Morgan fingerprint density at radius 1 is 1.16 bits per heavy atom. The van der Waals surface area contributed by atoms with E-state index in [-0.39, 0.29) is 17.9 Å². The molecule has 4 nitrogen and oxygen atoms in total. The van der Waals surface area contributed by atoms with Crippen LogP contribution in [0.4, 0.5) is 0 Å². The SMILES string of the molecule is CC(C)NC(=O)C1(C(=O)NCc2ccccc2)CC1. The molecule has 0 unspecified atom stereocenters. The van der Waals surface area contributed by atoms with Gasteiger partial charge in [0.05, 0.1) is 0 Å². The van der Waals surface area contributed by atoms with Crippen molar-refractivity contribution in [2.45, 2.75) is 39.3 Å². The fourth-order valence-electron chi connectivity index (χ4n) is 2.03. The molecule has 0 atom stereocenters. The van der Waals surface area contributed by atoms with Crippen LogP contribution in [0.3, 0.4) is 0 Å². The summed E-state index contributed by atoms with van der Waals surface area (Å²) in [5.74, 6) is -0.303. The van der Waals surface area contributed by atoms with Gasteiger partial charge < -0.3 is 10.6 Å². The van der Waals surface area contributed by atoms with Crippen molar-refractivity contribution in [2.24, 2.45) is 5.41 Å². The highest BCUT2D eigenvalue weighted by Gasteiger charge is 2.56. The maximum atomic E-state index is 12.2. The number of hydrogen-bond donors (Lipinski definition) is 2. The summed E-state index contributed by atoms with van der Waals surface area (Å²) in [6, 6.07) is 9.76. The Kier molecular flexibility index (Phi) is 3.88. The van der Waals surface area contributed by atoms with E-state index >= 15 is 0 Å². The van der Waals surface area contributed by atoms with E-state index in [1.165, 1.54) is 0 Å². The van der Waals surface area contributed by atoms with Crippen molar-refractivity contribution in [1.29, 1.82) is 0 Å². The van der Waals surface area contributed by atoms with E-state index in [0.717, 1.165) is 5.56 Å². The third-order valence-corrected chi connectivity index (χ3v) is 3.33. The molecule has 2 N–H and O–H groups in total. The number of carbonyl (C=O) groups excluding carboxylic acids is 2. The maximum absolute atomic E-state index is 12.2. The molecule has 1 aliphatic carbocycles. The smallest absolute Gasteiger partial charge is 0.235 e.